The van der Waals surface area contributed by atoms with E-state index in [-0.39, 0.29) is 11.9 Å². The second kappa shape index (κ2) is 6.95. The Bertz CT molecular complexity index is 377. The van der Waals surface area contributed by atoms with Gasteiger partial charge in [0.05, 0.1) is 6.54 Å². The molecule has 0 aromatic carbocycles. The second-order valence-electron chi connectivity index (χ2n) is 4.30. The van der Waals surface area contributed by atoms with Crippen molar-refractivity contribution in [1.29, 1.82) is 0 Å². The summed E-state index contributed by atoms with van der Waals surface area (Å²) in [7, 11) is 0. The van der Waals surface area contributed by atoms with E-state index in [1.165, 1.54) is 0 Å². The molecule has 1 aromatic rings. The summed E-state index contributed by atoms with van der Waals surface area (Å²) in [6.45, 7) is 8.79. The van der Waals surface area contributed by atoms with Crippen LogP contribution in [0.1, 0.15) is 33.6 Å². The van der Waals surface area contributed by atoms with Crippen LogP contribution in [0.3, 0.4) is 0 Å². The fourth-order valence-electron chi connectivity index (χ4n) is 1.25. The van der Waals surface area contributed by atoms with E-state index in [0.29, 0.717) is 25.0 Å². The minimum Gasteiger partial charge on any atom is -0.407 e. The largest absolute Gasteiger partial charge is 0.407 e. The summed E-state index contributed by atoms with van der Waals surface area (Å²) in [5.41, 5.74) is 0. The third-order valence-corrected chi connectivity index (χ3v) is 2.21. The third kappa shape index (κ3) is 4.70. The molecule has 0 radical (unpaired) electrons. The van der Waals surface area contributed by atoms with E-state index in [9.17, 15) is 4.79 Å². The number of carbonyl (C=O) groups excluding carboxylic acids is 1. The van der Waals surface area contributed by atoms with Crippen LogP contribution < -0.4 is 16.0 Å². The van der Waals surface area contributed by atoms with Crippen LogP contribution in [0.5, 0.6) is 0 Å². The van der Waals surface area contributed by atoms with E-state index in [4.69, 9.17) is 4.42 Å². The van der Waals surface area contributed by atoms with Gasteiger partial charge in [-0.25, -0.2) is 0 Å². The first-order valence-corrected chi connectivity index (χ1v) is 6.13. The predicted octanol–water partition coefficient (Wildman–Crippen LogP) is 0.504. The Labute approximate surface area is 107 Å². The van der Waals surface area contributed by atoms with Crippen molar-refractivity contribution in [3.8, 4) is 0 Å². The van der Waals surface area contributed by atoms with E-state index in [1.54, 1.807) is 6.92 Å². The molecule has 1 heterocycles. The van der Waals surface area contributed by atoms with Gasteiger partial charge in [0.15, 0.2) is 0 Å². The van der Waals surface area contributed by atoms with Crippen molar-refractivity contribution >= 4 is 11.9 Å². The molecule has 0 saturated heterocycles. The highest BCUT2D eigenvalue weighted by molar-refractivity contribution is 5.83. The van der Waals surface area contributed by atoms with Crippen molar-refractivity contribution in [2.45, 2.75) is 46.3 Å². The molecule has 0 fully saturated rings. The molecule has 0 saturated carbocycles. The summed E-state index contributed by atoms with van der Waals surface area (Å²) in [6, 6.07) is 0.202. The van der Waals surface area contributed by atoms with Gasteiger partial charge in [0.2, 0.25) is 11.8 Å². The van der Waals surface area contributed by atoms with E-state index in [0.717, 1.165) is 0 Å². The maximum atomic E-state index is 11.5. The van der Waals surface area contributed by atoms with Gasteiger partial charge in [-0.1, -0.05) is 18.9 Å². The molecule has 1 unspecified atom stereocenters. The lowest BCUT2D eigenvalue weighted by Gasteiger charge is -2.10. The number of nitrogens with one attached hydrogen (secondary N) is 3. The molecule has 102 valence electrons. The highest BCUT2D eigenvalue weighted by atomic mass is 16.4. The number of nitrogens with zero attached hydrogens (tertiary/aromatic N) is 2. The van der Waals surface area contributed by atoms with Crippen molar-refractivity contribution in [2.24, 2.45) is 0 Å². The van der Waals surface area contributed by atoms with Crippen molar-refractivity contribution in [1.82, 2.24) is 20.8 Å². The average molecular weight is 255 g/mol. The molecule has 0 spiro atoms. The Balaban J connectivity index is 2.45. The fourth-order valence-corrected chi connectivity index (χ4v) is 1.25. The number of rotatable bonds is 7. The maximum Gasteiger partial charge on any atom is 0.316 e. The molecule has 1 aromatic heterocycles. The minimum atomic E-state index is -0.406. The fraction of sp³-hybridized carbons (Fsp3) is 0.727. The Morgan fingerprint density at radius 3 is 2.67 bits per heavy atom. The first-order valence-electron chi connectivity index (χ1n) is 6.13. The van der Waals surface area contributed by atoms with E-state index in [1.807, 2.05) is 20.8 Å². The van der Waals surface area contributed by atoms with Crippen LogP contribution in [0.15, 0.2) is 4.42 Å². The van der Waals surface area contributed by atoms with Crippen LogP contribution in [0.4, 0.5) is 6.01 Å². The molecule has 1 rings (SSSR count). The summed E-state index contributed by atoms with van der Waals surface area (Å²) in [4.78, 5) is 11.5. The highest BCUT2D eigenvalue weighted by Crippen LogP contribution is 2.07. The van der Waals surface area contributed by atoms with Gasteiger partial charge in [-0.05, 0) is 13.8 Å². The third-order valence-electron chi connectivity index (χ3n) is 2.21. The van der Waals surface area contributed by atoms with E-state index in [2.05, 4.69) is 26.1 Å². The number of aromatic nitrogens is 2. The lowest BCUT2D eigenvalue weighted by atomic mass is 10.3. The molecular formula is C11H21N5O2. The lowest BCUT2D eigenvalue weighted by molar-refractivity contribution is -0.121. The summed E-state index contributed by atoms with van der Waals surface area (Å²) in [5.74, 6) is 0.395. The number of anilines is 1. The Hall–Kier alpha value is -1.63. The van der Waals surface area contributed by atoms with Crippen LogP contribution >= 0.6 is 0 Å². The zero-order valence-electron chi connectivity index (χ0n) is 11.3. The molecule has 0 bridgehead atoms. The summed E-state index contributed by atoms with van der Waals surface area (Å²) < 4.78 is 5.36. The smallest absolute Gasteiger partial charge is 0.316 e. The summed E-state index contributed by atoms with van der Waals surface area (Å²) in [5, 5.41) is 16.4. The van der Waals surface area contributed by atoms with Gasteiger partial charge >= 0.3 is 6.01 Å². The number of likely N-dealkylation sites (N-methyl/N-ethyl adjacent to an activating group) is 1. The summed E-state index contributed by atoms with van der Waals surface area (Å²) >= 11 is 0. The monoisotopic (exact) mass is 255 g/mol. The Morgan fingerprint density at radius 1 is 1.33 bits per heavy atom. The van der Waals surface area contributed by atoms with E-state index >= 15 is 0 Å². The Kier molecular flexibility index (Phi) is 5.57. The molecule has 0 aliphatic rings. The van der Waals surface area contributed by atoms with Crippen LogP contribution in [0.2, 0.25) is 0 Å². The van der Waals surface area contributed by atoms with Gasteiger partial charge in [0.25, 0.3) is 0 Å². The van der Waals surface area contributed by atoms with E-state index < -0.39 is 6.04 Å². The normalized spacial score (nSPS) is 12.5. The Morgan fingerprint density at radius 2 is 2.06 bits per heavy atom. The molecule has 0 aliphatic carbocycles. The van der Waals surface area contributed by atoms with Gasteiger partial charge in [-0.3, -0.25) is 4.79 Å². The van der Waals surface area contributed by atoms with Crippen LogP contribution in [-0.4, -0.2) is 34.7 Å². The van der Waals surface area contributed by atoms with Crippen molar-refractivity contribution in [3.63, 3.8) is 0 Å². The molecule has 7 heteroatoms. The molecule has 3 N–H and O–H groups in total. The van der Waals surface area contributed by atoms with Gasteiger partial charge in [0.1, 0.15) is 6.04 Å². The predicted molar refractivity (Wildman–Crippen MR) is 68.0 cm³/mol. The maximum absolute atomic E-state index is 11.5. The van der Waals surface area contributed by atoms with Crippen LogP contribution in [0.25, 0.3) is 0 Å². The topological polar surface area (TPSA) is 92.1 Å². The number of amides is 1. The molecule has 7 nitrogen and oxygen atoms in total. The SMILES string of the molecule is CCNC(=O)C(C)Nc1nnc(CNC(C)C)o1. The minimum absolute atomic E-state index is 0.0995. The average Bonchev–Trinajstić information content (AvgIpc) is 2.74. The number of carbonyl (C=O) groups is 1. The molecule has 1 amide bonds. The lowest BCUT2D eigenvalue weighted by Crippen LogP contribution is -2.37. The van der Waals surface area contributed by atoms with Crippen molar-refractivity contribution < 1.29 is 9.21 Å². The molecule has 18 heavy (non-hydrogen) atoms. The molecule has 1 atom stereocenters. The van der Waals surface area contributed by atoms with Crippen LogP contribution in [0, 0.1) is 0 Å². The van der Waals surface area contributed by atoms with Crippen LogP contribution in [-0.2, 0) is 11.3 Å². The zero-order valence-corrected chi connectivity index (χ0v) is 11.3. The van der Waals surface area contributed by atoms with Gasteiger partial charge in [0, 0.05) is 12.6 Å². The standard InChI is InChI=1S/C11H21N5O2/c1-5-12-10(17)8(4)14-11-16-15-9(18-11)6-13-7(2)3/h7-8,13H,5-6H2,1-4H3,(H,12,17)(H,14,16). The quantitative estimate of drug-likeness (QED) is 0.657. The first kappa shape index (κ1) is 14.4. The number of hydrogen-bond acceptors (Lipinski definition) is 6. The van der Waals surface area contributed by atoms with Gasteiger partial charge in [-0.2, -0.15) is 0 Å². The highest BCUT2D eigenvalue weighted by Gasteiger charge is 2.14. The first-order chi connectivity index (χ1) is 8.52. The molecule has 0 aliphatic heterocycles. The second-order valence-corrected chi connectivity index (χ2v) is 4.30. The van der Waals surface area contributed by atoms with Gasteiger partial charge < -0.3 is 20.4 Å². The molecular weight excluding hydrogens is 234 g/mol. The summed E-state index contributed by atoms with van der Waals surface area (Å²) in [6.07, 6.45) is 0. The zero-order chi connectivity index (χ0) is 13.5. The number of hydrogen-bond donors (Lipinski definition) is 3. The van der Waals surface area contributed by atoms with Crippen molar-refractivity contribution in [3.05, 3.63) is 5.89 Å². The van der Waals surface area contributed by atoms with Crippen molar-refractivity contribution in [2.75, 3.05) is 11.9 Å². The van der Waals surface area contributed by atoms with Gasteiger partial charge in [-0.15, -0.1) is 5.10 Å².